The lowest BCUT2D eigenvalue weighted by molar-refractivity contribution is -0.140. The molecule has 0 saturated heterocycles. The van der Waals surface area contributed by atoms with E-state index in [9.17, 15) is 9.59 Å². The third kappa shape index (κ3) is 3.72. The number of hydrogen-bond donors (Lipinski definition) is 0. The van der Waals surface area contributed by atoms with Crippen LogP contribution in [0.5, 0.6) is 0 Å². The summed E-state index contributed by atoms with van der Waals surface area (Å²) in [6, 6.07) is 13.7. The number of aryl methyl sites for hydroxylation is 1. The average Bonchev–Trinajstić information content (AvgIpc) is 3.36. The molecule has 0 spiro atoms. The molecule has 7 heteroatoms. The number of fused-ring (bicyclic) bond motifs is 3. The Balaban J connectivity index is 1.89. The standard InChI is InChI=1S/C22H17IN2O3S/c1-3-25-19-6-4-14(21(27)16-8-9-29-12-16)10-17(19)18-11-15(5-7-20(18)25)22(23)24-28-13(2)26/h4-12H,3H2,1-2H3/b24-22+. The van der Waals surface area contributed by atoms with Gasteiger partial charge in [-0.25, -0.2) is 4.79 Å². The zero-order valence-corrected chi connectivity index (χ0v) is 18.8. The van der Waals surface area contributed by atoms with E-state index in [2.05, 4.69) is 39.2 Å². The van der Waals surface area contributed by atoms with Gasteiger partial charge in [0.05, 0.1) is 0 Å². The van der Waals surface area contributed by atoms with Gasteiger partial charge in [0.1, 0.15) is 3.72 Å². The summed E-state index contributed by atoms with van der Waals surface area (Å²) in [5.41, 5.74) is 4.39. The van der Waals surface area contributed by atoms with Crippen LogP contribution in [0.25, 0.3) is 21.8 Å². The second kappa shape index (κ2) is 8.08. The Morgan fingerprint density at radius 3 is 2.28 bits per heavy atom. The molecule has 0 unspecified atom stereocenters. The average molecular weight is 516 g/mol. The molecule has 0 aliphatic carbocycles. The molecule has 0 amide bonds. The molecule has 0 saturated carbocycles. The topological polar surface area (TPSA) is 60.7 Å². The highest BCUT2D eigenvalue weighted by atomic mass is 127. The molecular formula is C22H17IN2O3S. The first-order valence-electron chi connectivity index (χ1n) is 9.04. The molecule has 5 nitrogen and oxygen atoms in total. The maximum absolute atomic E-state index is 12.8. The first kappa shape index (κ1) is 19.8. The molecule has 2 heterocycles. The summed E-state index contributed by atoms with van der Waals surface area (Å²) in [6.45, 7) is 4.23. The Labute approximate surface area is 185 Å². The number of oxime groups is 1. The molecule has 146 valence electrons. The minimum Gasteiger partial charge on any atom is -0.341 e. The van der Waals surface area contributed by atoms with Crippen LogP contribution >= 0.6 is 33.9 Å². The molecule has 0 atom stereocenters. The Morgan fingerprint density at radius 2 is 1.69 bits per heavy atom. The number of aromatic nitrogens is 1. The highest BCUT2D eigenvalue weighted by molar-refractivity contribution is 14.1. The molecule has 0 bridgehead atoms. The Bertz CT molecular complexity index is 1270. The van der Waals surface area contributed by atoms with Crippen molar-refractivity contribution in [2.75, 3.05) is 0 Å². The van der Waals surface area contributed by atoms with E-state index in [4.69, 9.17) is 4.84 Å². The van der Waals surface area contributed by atoms with Gasteiger partial charge in [0, 0.05) is 57.3 Å². The van der Waals surface area contributed by atoms with Crippen LogP contribution in [0.2, 0.25) is 0 Å². The summed E-state index contributed by atoms with van der Waals surface area (Å²) in [6.07, 6.45) is 0. The summed E-state index contributed by atoms with van der Waals surface area (Å²) in [4.78, 5) is 28.6. The molecule has 4 rings (SSSR count). The number of ketones is 1. The van der Waals surface area contributed by atoms with Crippen molar-refractivity contribution in [3.8, 4) is 0 Å². The molecule has 0 radical (unpaired) electrons. The van der Waals surface area contributed by atoms with Crippen LogP contribution in [-0.2, 0) is 16.2 Å². The summed E-state index contributed by atoms with van der Waals surface area (Å²) in [7, 11) is 0. The van der Waals surface area contributed by atoms with E-state index >= 15 is 0 Å². The smallest absolute Gasteiger partial charge is 0.332 e. The number of halogens is 1. The van der Waals surface area contributed by atoms with Gasteiger partial charge in [0.15, 0.2) is 5.78 Å². The normalized spacial score (nSPS) is 11.9. The lowest BCUT2D eigenvalue weighted by Crippen LogP contribution is -1.99. The van der Waals surface area contributed by atoms with E-state index in [1.54, 1.807) is 0 Å². The number of carbonyl (C=O) groups is 2. The van der Waals surface area contributed by atoms with Gasteiger partial charge in [-0.05, 0) is 71.3 Å². The van der Waals surface area contributed by atoms with Gasteiger partial charge < -0.3 is 9.40 Å². The van der Waals surface area contributed by atoms with Crippen LogP contribution in [0.1, 0.15) is 35.3 Å². The van der Waals surface area contributed by atoms with Crippen LogP contribution in [0.3, 0.4) is 0 Å². The first-order valence-corrected chi connectivity index (χ1v) is 11.1. The largest absolute Gasteiger partial charge is 0.341 e. The van der Waals surface area contributed by atoms with Crippen molar-refractivity contribution in [1.29, 1.82) is 0 Å². The third-order valence-corrected chi connectivity index (χ3v) is 6.22. The fourth-order valence-electron chi connectivity index (χ4n) is 3.43. The highest BCUT2D eigenvalue weighted by Gasteiger charge is 2.15. The van der Waals surface area contributed by atoms with E-state index in [1.165, 1.54) is 18.3 Å². The SMILES string of the molecule is CCn1c2ccc(C(=O)c3ccsc3)cc2c2cc(/C(I)=N\OC(C)=O)ccc21. The van der Waals surface area contributed by atoms with E-state index < -0.39 is 5.97 Å². The molecule has 4 aromatic rings. The van der Waals surface area contributed by atoms with E-state index in [0.717, 1.165) is 33.9 Å². The molecule has 0 aliphatic rings. The van der Waals surface area contributed by atoms with Crippen molar-refractivity contribution in [1.82, 2.24) is 4.57 Å². The monoisotopic (exact) mass is 516 g/mol. The fraction of sp³-hybridized carbons (Fsp3) is 0.136. The number of rotatable bonds is 5. The van der Waals surface area contributed by atoms with Crippen molar-refractivity contribution in [3.05, 3.63) is 69.9 Å². The highest BCUT2D eigenvalue weighted by Crippen LogP contribution is 2.32. The molecule has 0 fully saturated rings. The van der Waals surface area contributed by atoms with Crippen molar-refractivity contribution in [2.45, 2.75) is 20.4 Å². The maximum Gasteiger partial charge on any atom is 0.332 e. The Hall–Kier alpha value is -2.52. The van der Waals surface area contributed by atoms with Gasteiger partial charge in [-0.1, -0.05) is 11.2 Å². The molecule has 2 aromatic carbocycles. The van der Waals surface area contributed by atoms with E-state index in [-0.39, 0.29) is 5.78 Å². The first-order chi connectivity index (χ1) is 14.0. The van der Waals surface area contributed by atoms with E-state index in [0.29, 0.717) is 14.8 Å². The lowest BCUT2D eigenvalue weighted by atomic mass is 10.0. The second-order valence-corrected chi connectivity index (χ2v) is 8.32. The molecule has 2 aromatic heterocycles. The summed E-state index contributed by atoms with van der Waals surface area (Å²) < 4.78 is 2.81. The van der Waals surface area contributed by atoms with Crippen LogP contribution < -0.4 is 0 Å². The van der Waals surface area contributed by atoms with Crippen LogP contribution in [0.15, 0.2) is 58.4 Å². The van der Waals surface area contributed by atoms with Crippen molar-refractivity contribution in [2.24, 2.45) is 5.16 Å². The second-order valence-electron chi connectivity index (χ2n) is 6.51. The molecule has 29 heavy (non-hydrogen) atoms. The lowest BCUT2D eigenvalue weighted by Gasteiger charge is -2.04. The Morgan fingerprint density at radius 1 is 1.03 bits per heavy atom. The van der Waals surface area contributed by atoms with Crippen LogP contribution in [0, 0.1) is 0 Å². The van der Waals surface area contributed by atoms with Gasteiger partial charge in [-0.2, -0.15) is 11.3 Å². The quantitative estimate of drug-likeness (QED) is 0.111. The van der Waals surface area contributed by atoms with Crippen molar-refractivity contribution >= 4 is 71.2 Å². The third-order valence-electron chi connectivity index (χ3n) is 4.72. The minimum absolute atomic E-state index is 0.0210. The van der Waals surface area contributed by atoms with Gasteiger partial charge >= 0.3 is 5.97 Å². The van der Waals surface area contributed by atoms with Crippen molar-refractivity contribution < 1.29 is 14.4 Å². The number of carbonyl (C=O) groups excluding carboxylic acids is 2. The number of nitrogens with zero attached hydrogens (tertiary/aromatic N) is 2. The molecule has 0 N–H and O–H groups in total. The van der Waals surface area contributed by atoms with E-state index in [1.807, 2.05) is 53.2 Å². The molecular weight excluding hydrogens is 499 g/mol. The maximum atomic E-state index is 12.8. The van der Waals surface area contributed by atoms with Crippen molar-refractivity contribution in [3.63, 3.8) is 0 Å². The van der Waals surface area contributed by atoms with Crippen LogP contribution in [0.4, 0.5) is 0 Å². The zero-order chi connectivity index (χ0) is 20.5. The summed E-state index contributed by atoms with van der Waals surface area (Å²) in [5, 5.41) is 9.71. The molecule has 0 aliphatic heterocycles. The predicted molar refractivity (Wildman–Crippen MR) is 125 cm³/mol. The predicted octanol–water partition coefficient (Wildman–Crippen LogP) is 5.77. The van der Waals surface area contributed by atoms with Crippen LogP contribution in [-0.4, -0.2) is 20.0 Å². The number of benzene rings is 2. The van der Waals surface area contributed by atoms with Gasteiger partial charge in [-0.3, -0.25) is 4.79 Å². The summed E-state index contributed by atoms with van der Waals surface area (Å²) in [5.74, 6) is -0.438. The summed E-state index contributed by atoms with van der Waals surface area (Å²) >= 11 is 3.56. The van der Waals surface area contributed by atoms with Gasteiger partial charge in [0.2, 0.25) is 0 Å². The zero-order valence-electron chi connectivity index (χ0n) is 15.8. The van der Waals surface area contributed by atoms with Gasteiger partial charge in [-0.15, -0.1) is 0 Å². The minimum atomic E-state index is -0.459. The fourth-order valence-corrected chi connectivity index (χ4v) is 4.50. The van der Waals surface area contributed by atoms with Gasteiger partial charge in [0.25, 0.3) is 0 Å². The number of thiophene rings is 1. The Kier molecular flexibility index (Phi) is 5.51. The number of hydrogen-bond acceptors (Lipinski definition) is 5.